The maximum atomic E-state index is 12.1. The highest BCUT2D eigenvalue weighted by molar-refractivity contribution is 7.12. The molecule has 0 aliphatic heterocycles. The van der Waals surface area contributed by atoms with Gasteiger partial charge in [0.2, 0.25) is 0 Å². The summed E-state index contributed by atoms with van der Waals surface area (Å²) in [4.78, 5) is 16.7. The van der Waals surface area contributed by atoms with Crippen LogP contribution >= 0.6 is 11.3 Å². The Kier molecular flexibility index (Phi) is 5.16. The Morgan fingerprint density at radius 2 is 2.06 bits per heavy atom. The molecule has 1 heterocycles. The van der Waals surface area contributed by atoms with Gasteiger partial charge in [-0.3, -0.25) is 9.69 Å². The average Bonchev–Trinajstić information content (AvgIpc) is 2.57. The molecule has 1 rings (SSSR count). The number of ketones is 1. The van der Waals surface area contributed by atoms with Gasteiger partial charge in [-0.25, -0.2) is 0 Å². The van der Waals surface area contributed by atoms with Gasteiger partial charge in [-0.05, 0) is 39.4 Å². The Hall–Kier alpha value is -0.670. The van der Waals surface area contributed by atoms with Gasteiger partial charge in [0, 0.05) is 15.3 Å². The maximum absolute atomic E-state index is 12.1. The highest BCUT2D eigenvalue weighted by Gasteiger charge is 2.14. The topological polar surface area (TPSA) is 20.3 Å². The second kappa shape index (κ2) is 6.16. The molecule has 0 radical (unpaired) electrons. The third-order valence-electron chi connectivity index (χ3n) is 2.70. The first kappa shape index (κ1) is 13.4. The van der Waals surface area contributed by atoms with Crippen molar-refractivity contribution in [3.05, 3.63) is 21.4 Å². The smallest absolute Gasteiger partial charge is 0.177 e. The van der Waals surface area contributed by atoms with E-state index in [9.17, 15) is 4.79 Å². The zero-order valence-corrected chi connectivity index (χ0v) is 11.5. The summed E-state index contributed by atoms with van der Waals surface area (Å²) in [6.07, 6.45) is 1.10. The minimum Gasteiger partial charge on any atom is -0.296 e. The van der Waals surface area contributed by atoms with E-state index in [0.717, 1.165) is 30.0 Å². The van der Waals surface area contributed by atoms with E-state index in [1.54, 1.807) is 11.3 Å². The molecule has 0 aromatic carbocycles. The van der Waals surface area contributed by atoms with Gasteiger partial charge in [-0.2, -0.15) is 0 Å². The third kappa shape index (κ3) is 3.42. The molecule has 0 spiro atoms. The molecule has 1 aromatic rings. The largest absolute Gasteiger partial charge is 0.296 e. The van der Waals surface area contributed by atoms with Crippen molar-refractivity contribution in [2.24, 2.45) is 0 Å². The average molecular weight is 239 g/mol. The predicted molar refractivity (Wildman–Crippen MR) is 70.5 cm³/mol. The van der Waals surface area contributed by atoms with Crippen molar-refractivity contribution >= 4 is 17.1 Å². The fourth-order valence-electron chi connectivity index (χ4n) is 1.86. The summed E-state index contributed by atoms with van der Waals surface area (Å²) in [6, 6.07) is 2.02. The molecule has 0 saturated carbocycles. The SMILES string of the molecule is CCCN(CC)CC(=O)c1cc(C)sc1C. The number of hydrogen-bond donors (Lipinski definition) is 0. The molecule has 16 heavy (non-hydrogen) atoms. The summed E-state index contributed by atoms with van der Waals surface area (Å²) in [6.45, 7) is 10.8. The summed E-state index contributed by atoms with van der Waals surface area (Å²) in [5.74, 6) is 0.261. The van der Waals surface area contributed by atoms with Crippen molar-refractivity contribution in [2.75, 3.05) is 19.6 Å². The standard InChI is InChI=1S/C13H21NOS/c1-5-7-14(6-2)9-13(15)12-8-10(3)16-11(12)4/h8H,5-7,9H2,1-4H3. The number of hydrogen-bond acceptors (Lipinski definition) is 3. The molecule has 0 amide bonds. The molecule has 0 fully saturated rings. The Labute approximate surface area is 102 Å². The molecule has 1 aromatic heterocycles. The zero-order chi connectivity index (χ0) is 12.1. The molecule has 0 N–H and O–H groups in total. The molecule has 90 valence electrons. The quantitative estimate of drug-likeness (QED) is 0.710. The van der Waals surface area contributed by atoms with Crippen molar-refractivity contribution in [3.63, 3.8) is 0 Å². The Bertz CT molecular complexity index is 357. The third-order valence-corrected chi connectivity index (χ3v) is 3.66. The van der Waals surface area contributed by atoms with Crippen LogP contribution in [-0.4, -0.2) is 30.3 Å². The van der Waals surface area contributed by atoms with Crippen LogP contribution in [-0.2, 0) is 0 Å². The first-order valence-corrected chi connectivity index (χ1v) is 6.72. The lowest BCUT2D eigenvalue weighted by molar-refractivity contribution is 0.0934. The lowest BCUT2D eigenvalue weighted by Crippen LogP contribution is -2.30. The molecule has 0 aliphatic rings. The minimum atomic E-state index is 0.261. The molecular weight excluding hydrogens is 218 g/mol. The Morgan fingerprint density at radius 1 is 1.38 bits per heavy atom. The zero-order valence-electron chi connectivity index (χ0n) is 10.7. The van der Waals surface area contributed by atoms with Crippen LogP contribution in [0.5, 0.6) is 0 Å². The molecule has 3 heteroatoms. The monoisotopic (exact) mass is 239 g/mol. The molecule has 0 bridgehead atoms. The molecule has 0 saturated heterocycles. The van der Waals surface area contributed by atoms with Crippen LogP contribution in [0.3, 0.4) is 0 Å². The Balaban J connectivity index is 2.67. The summed E-state index contributed by atoms with van der Waals surface area (Å²) in [5, 5.41) is 0. The van der Waals surface area contributed by atoms with Crippen molar-refractivity contribution < 1.29 is 4.79 Å². The van der Waals surface area contributed by atoms with Gasteiger partial charge >= 0.3 is 0 Å². The minimum absolute atomic E-state index is 0.261. The van der Waals surface area contributed by atoms with Crippen molar-refractivity contribution in [1.82, 2.24) is 4.90 Å². The van der Waals surface area contributed by atoms with Crippen LogP contribution in [0, 0.1) is 13.8 Å². The highest BCUT2D eigenvalue weighted by atomic mass is 32.1. The van der Waals surface area contributed by atoms with Crippen LogP contribution in [0.2, 0.25) is 0 Å². The second-order valence-electron chi connectivity index (χ2n) is 4.12. The first-order valence-electron chi connectivity index (χ1n) is 5.91. The van der Waals surface area contributed by atoms with E-state index in [1.807, 2.05) is 13.0 Å². The molecule has 0 atom stereocenters. The van der Waals surface area contributed by atoms with E-state index in [4.69, 9.17) is 0 Å². The van der Waals surface area contributed by atoms with Crippen molar-refractivity contribution in [3.8, 4) is 0 Å². The summed E-state index contributed by atoms with van der Waals surface area (Å²) in [7, 11) is 0. The molecule has 0 aliphatic carbocycles. The van der Waals surface area contributed by atoms with Gasteiger partial charge in [0.15, 0.2) is 5.78 Å². The summed E-state index contributed by atoms with van der Waals surface area (Å²) < 4.78 is 0. The van der Waals surface area contributed by atoms with Crippen LogP contribution in [0.4, 0.5) is 0 Å². The number of Topliss-reactive ketones (excluding diaryl/α,β-unsaturated/α-hetero) is 1. The van der Waals surface area contributed by atoms with Gasteiger partial charge < -0.3 is 0 Å². The molecule has 2 nitrogen and oxygen atoms in total. The fraction of sp³-hybridized carbons (Fsp3) is 0.615. The summed E-state index contributed by atoms with van der Waals surface area (Å²) >= 11 is 1.71. The number of carbonyl (C=O) groups excluding carboxylic acids is 1. The van der Waals surface area contributed by atoms with Crippen molar-refractivity contribution in [2.45, 2.75) is 34.1 Å². The highest BCUT2D eigenvalue weighted by Crippen LogP contribution is 2.21. The van der Waals surface area contributed by atoms with Gasteiger partial charge in [0.1, 0.15) is 0 Å². The number of aryl methyl sites for hydroxylation is 2. The van der Waals surface area contributed by atoms with Crippen LogP contribution in [0.25, 0.3) is 0 Å². The van der Waals surface area contributed by atoms with Gasteiger partial charge in [0.25, 0.3) is 0 Å². The van der Waals surface area contributed by atoms with Gasteiger partial charge in [-0.15, -0.1) is 11.3 Å². The molecule has 0 unspecified atom stereocenters. The van der Waals surface area contributed by atoms with Crippen molar-refractivity contribution in [1.29, 1.82) is 0 Å². The normalized spacial score (nSPS) is 11.1. The lowest BCUT2D eigenvalue weighted by atomic mass is 10.1. The predicted octanol–water partition coefficient (Wildman–Crippen LogP) is 3.28. The van der Waals surface area contributed by atoms with E-state index >= 15 is 0 Å². The fourth-order valence-corrected chi connectivity index (χ4v) is 2.80. The van der Waals surface area contributed by atoms with E-state index in [1.165, 1.54) is 4.88 Å². The number of likely N-dealkylation sites (N-methyl/N-ethyl adjacent to an activating group) is 1. The van der Waals surface area contributed by atoms with Crippen LogP contribution < -0.4 is 0 Å². The van der Waals surface area contributed by atoms with E-state index < -0.39 is 0 Å². The van der Waals surface area contributed by atoms with Crippen LogP contribution in [0.1, 0.15) is 40.4 Å². The maximum Gasteiger partial charge on any atom is 0.177 e. The summed E-state index contributed by atoms with van der Waals surface area (Å²) in [5.41, 5.74) is 0.914. The van der Waals surface area contributed by atoms with E-state index in [0.29, 0.717) is 6.54 Å². The first-order chi connectivity index (χ1) is 7.58. The van der Waals surface area contributed by atoms with Gasteiger partial charge in [0.05, 0.1) is 6.54 Å². The number of rotatable bonds is 6. The van der Waals surface area contributed by atoms with Crippen LogP contribution in [0.15, 0.2) is 6.07 Å². The lowest BCUT2D eigenvalue weighted by Gasteiger charge is -2.18. The Morgan fingerprint density at radius 3 is 2.50 bits per heavy atom. The number of carbonyl (C=O) groups is 1. The number of nitrogens with zero attached hydrogens (tertiary/aromatic N) is 1. The van der Waals surface area contributed by atoms with Gasteiger partial charge in [-0.1, -0.05) is 13.8 Å². The molecular formula is C13H21NOS. The van der Waals surface area contributed by atoms with E-state index in [2.05, 4.69) is 25.7 Å². The number of thiophene rings is 1. The second-order valence-corrected chi connectivity index (χ2v) is 5.58. The van der Waals surface area contributed by atoms with E-state index in [-0.39, 0.29) is 5.78 Å².